The number of halogens is 1. The molecule has 2 aromatic rings. The maximum atomic E-state index is 12.1. The highest BCUT2D eigenvalue weighted by atomic mass is 35.5. The van der Waals surface area contributed by atoms with Gasteiger partial charge in [0.1, 0.15) is 6.04 Å². The van der Waals surface area contributed by atoms with Crippen LogP contribution in [0.4, 0.5) is 0 Å². The molecular weight excluding hydrogens is 276 g/mol. The van der Waals surface area contributed by atoms with Crippen molar-refractivity contribution in [2.45, 2.75) is 19.0 Å². The molecule has 1 unspecified atom stereocenters. The van der Waals surface area contributed by atoms with Gasteiger partial charge in [-0.05, 0) is 24.6 Å². The number of benzene rings is 1. The number of nitrogens with one attached hydrogen (secondary N) is 1. The number of hydrogen-bond donors (Lipinski definition) is 2. The highest BCUT2D eigenvalue weighted by Crippen LogP contribution is 2.18. The molecule has 2 rings (SSSR count). The molecule has 1 amide bonds. The van der Waals surface area contributed by atoms with E-state index in [0.717, 1.165) is 5.56 Å². The van der Waals surface area contributed by atoms with Crippen LogP contribution >= 0.6 is 11.6 Å². The van der Waals surface area contributed by atoms with Crippen molar-refractivity contribution in [3.05, 3.63) is 52.8 Å². The van der Waals surface area contributed by atoms with E-state index in [2.05, 4.69) is 10.4 Å². The summed E-state index contributed by atoms with van der Waals surface area (Å²) in [4.78, 5) is 12.1. The van der Waals surface area contributed by atoms with E-state index in [1.165, 1.54) is 0 Å². The molecule has 0 aliphatic carbocycles. The van der Waals surface area contributed by atoms with Gasteiger partial charge in [-0.25, -0.2) is 0 Å². The van der Waals surface area contributed by atoms with Crippen molar-refractivity contribution in [2.24, 2.45) is 12.8 Å². The Bertz CT molecular complexity index is 611. The summed E-state index contributed by atoms with van der Waals surface area (Å²) in [7, 11) is 1.78. The first kappa shape index (κ1) is 14.6. The van der Waals surface area contributed by atoms with Crippen molar-refractivity contribution >= 4 is 17.5 Å². The number of amides is 1. The maximum absolute atomic E-state index is 12.1. The van der Waals surface area contributed by atoms with Crippen molar-refractivity contribution in [1.82, 2.24) is 15.1 Å². The zero-order chi connectivity index (χ0) is 14.7. The number of carbonyl (C=O) groups is 1. The fourth-order valence-electron chi connectivity index (χ4n) is 1.91. The van der Waals surface area contributed by atoms with Gasteiger partial charge in [-0.3, -0.25) is 9.48 Å². The van der Waals surface area contributed by atoms with Gasteiger partial charge in [0.15, 0.2) is 0 Å². The lowest BCUT2D eigenvalue weighted by atomic mass is 10.1. The number of hydrogen-bond acceptors (Lipinski definition) is 3. The summed E-state index contributed by atoms with van der Waals surface area (Å²) in [6.07, 6.45) is 3.32. The SMILES string of the molecule is C[C@H](NC(=O)C(N)c1cnn(C)c1)c1cccc(Cl)c1. The summed E-state index contributed by atoms with van der Waals surface area (Å²) in [6, 6.07) is 6.48. The van der Waals surface area contributed by atoms with Crippen molar-refractivity contribution in [1.29, 1.82) is 0 Å². The Morgan fingerprint density at radius 1 is 1.45 bits per heavy atom. The number of carbonyl (C=O) groups excluding carboxylic acids is 1. The topological polar surface area (TPSA) is 72.9 Å². The van der Waals surface area contributed by atoms with Crippen molar-refractivity contribution in [3.63, 3.8) is 0 Å². The molecule has 20 heavy (non-hydrogen) atoms. The molecule has 0 bridgehead atoms. The Labute approximate surface area is 122 Å². The first-order valence-electron chi connectivity index (χ1n) is 6.27. The molecule has 0 fully saturated rings. The van der Waals surface area contributed by atoms with Crippen LogP contribution < -0.4 is 11.1 Å². The number of aryl methyl sites for hydroxylation is 1. The quantitative estimate of drug-likeness (QED) is 0.904. The van der Waals surface area contributed by atoms with E-state index < -0.39 is 6.04 Å². The smallest absolute Gasteiger partial charge is 0.242 e. The van der Waals surface area contributed by atoms with Gasteiger partial charge in [-0.15, -0.1) is 0 Å². The lowest BCUT2D eigenvalue weighted by Gasteiger charge is -2.17. The van der Waals surface area contributed by atoms with E-state index in [-0.39, 0.29) is 11.9 Å². The van der Waals surface area contributed by atoms with E-state index in [1.807, 2.05) is 25.1 Å². The van der Waals surface area contributed by atoms with E-state index in [0.29, 0.717) is 10.6 Å². The van der Waals surface area contributed by atoms with Crippen LogP contribution in [0.25, 0.3) is 0 Å². The summed E-state index contributed by atoms with van der Waals surface area (Å²) in [5, 5.41) is 7.52. The summed E-state index contributed by atoms with van der Waals surface area (Å²) < 4.78 is 1.61. The number of rotatable bonds is 4. The lowest BCUT2D eigenvalue weighted by molar-refractivity contribution is -0.123. The van der Waals surface area contributed by atoms with Crippen molar-refractivity contribution in [3.8, 4) is 0 Å². The minimum atomic E-state index is -0.731. The third-order valence-electron chi connectivity index (χ3n) is 3.07. The van der Waals surface area contributed by atoms with Gasteiger partial charge >= 0.3 is 0 Å². The third-order valence-corrected chi connectivity index (χ3v) is 3.31. The second kappa shape index (κ2) is 6.07. The predicted octanol–water partition coefficient (Wildman–Crippen LogP) is 1.95. The summed E-state index contributed by atoms with van der Waals surface area (Å²) in [5.41, 5.74) is 7.53. The van der Waals surface area contributed by atoms with Crippen LogP contribution in [-0.2, 0) is 11.8 Å². The molecule has 6 heteroatoms. The summed E-state index contributed by atoms with van der Waals surface area (Å²) >= 11 is 5.94. The molecule has 0 spiro atoms. The molecular formula is C14H17ClN4O. The number of nitrogens with zero attached hydrogens (tertiary/aromatic N) is 2. The van der Waals surface area contributed by atoms with Crippen LogP contribution in [0, 0.1) is 0 Å². The fraction of sp³-hybridized carbons (Fsp3) is 0.286. The summed E-state index contributed by atoms with van der Waals surface area (Å²) in [6.45, 7) is 1.89. The number of nitrogens with two attached hydrogens (primary N) is 1. The molecule has 5 nitrogen and oxygen atoms in total. The van der Waals surface area contributed by atoms with Crippen molar-refractivity contribution in [2.75, 3.05) is 0 Å². The monoisotopic (exact) mass is 292 g/mol. The molecule has 2 atom stereocenters. The van der Waals surface area contributed by atoms with Crippen LogP contribution in [0.3, 0.4) is 0 Å². The highest BCUT2D eigenvalue weighted by Gasteiger charge is 2.19. The van der Waals surface area contributed by atoms with Gasteiger partial charge in [0.05, 0.1) is 12.2 Å². The summed E-state index contributed by atoms with van der Waals surface area (Å²) in [5.74, 6) is -0.245. The second-order valence-electron chi connectivity index (χ2n) is 4.71. The molecule has 1 heterocycles. The van der Waals surface area contributed by atoms with Gasteiger partial charge in [-0.2, -0.15) is 5.10 Å². The van der Waals surface area contributed by atoms with Crippen molar-refractivity contribution < 1.29 is 4.79 Å². The Hall–Kier alpha value is -1.85. The Morgan fingerprint density at radius 2 is 2.20 bits per heavy atom. The van der Waals surface area contributed by atoms with E-state index in [9.17, 15) is 4.79 Å². The zero-order valence-corrected chi connectivity index (χ0v) is 12.1. The zero-order valence-electron chi connectivity index (χ0n) is 11.4. The fourth-order valence-corrected chi connectivity index (χ4v) is 2.11. The largest absolute Gasteiger partial charge is 0.348 e. The predicted molar refractivity (Wildman–Crippen MR) is 78.1 cm³/mol. The van der Waals surface area contributed by atoms with Crippen LogP contribution in [0.2, 0.25) is 5.02 Å². The maximum Gasteiger partial charge on any atom is 0.242 e. The van der Waals surface area contributed by atoms with Gasteiger partial charge in [0.25, 0.3) is 0 Å². The normalized spacial score (nSPS) is 13.8. The molecule has 0 aliphatic rings. The standard InChI is InChI=1S/C14H17ClN4O/c1-9(10-4-3-5-12(15)6-10)18-14(20)13(16)11-7-17-19(2)8-11/h3-9,13H,16H2,1-2H3,(H,18,20)/t9-,13?/m0/s1. The second-order valence-corrected chi connectivity index (χ2v) is 5.15. The average molecular weight is 293 g/mol. The minimum absolute atomic E-state index is 0.163. The lowest BCUT2D eigenvalue weighted by Crippen LogP contribution is -2.35. The minimum Gasteiger partial charge on any atom is -0.348 e. The molecule has 106 valence electrons. The van der Waals surface area contributed by atoms with Gasteiger partial charge < -0.3 is 11.1 Å². The Kier molecular flexibility index (Phi) is 4.42. The van der Waals surface area contributed by atoms with Gasteiger partial charge in [0, 0.05) is 23.8 Å². The molecule has 1 aromatic heterocycles. The van der Waals surface area contributed by atoms with Gasteiger partial charge in [0.2, 0.25) is 5.91 Å². The van der Waals surface area contributed by atoms with E-state index in [4.69, 9.17) is 17.3 Å². The highest BCUT2D eigenvalue weighted by molar-refractivity contribution is 6.30. The Morgan fingerprint density at radius 3 is 2.80 bits per heavy atom. The number of aromatic nitrogens is 2. The molecule has 0 aliphatic heterocycles. The first-order valence-corrected chi connectivity index (χ1v) is 6.65. The Balaban J connectivity index is 2.04. The van der Waals surface area contributed by atoms with Crippen LogP contribution in [-0.4, -0.2) is 15.7 Å². The van der Waals surface area contributed by atoms with E-state index >= 15 is 0 Å². The average Bonchev–Trinajstić information content (AvgIpc) is 2.84. The van der Waals surface area contributed by atoms with Gasteiger partial charge in [-0.1, -0.05) is 23.7 Å². The molecule has 3 N–H and O–H groups in total. The van der Waals surface area contributed by atoms with E-state index in [1.54, 1.807) is 30.2 Å². The molecule has 0 radical (unpaired) electrons. The first-order chi connectivity index (χ1) is 9.47. The molecule has 1 aromatic carbocycles. The van der Waals surface area contributed by atoms with Crippen LogP contribution in [0.15, 0.2) is 36.7 Å². The van der Waals surface area contributed by atoms with Crippen LogP contribution in [0.1, 0.15) is 30.1 Å². The third kappa shape index (κ3) is 3.37. The molecule has 0 saturated heterocycles. The van der Waals surface area contributed by atoms with Crippen LogP contribution in [0.5, 0.6) is 0 Å². The molecule has 0 saturated carbocycles.